The molecule has 0 atom stereocenters. The lowest BCUT2D eigenvalue weighted by Gasteiger charge is -2.27. The Kier molecular flexibility index (Phi) is 4.52. The van der Waals surface area contributed by atoms with Crippen molar-refractivity contribution in [2.24, 2.45) is 0 Å². The molecule has 0 spiro atoms. The molecule has 2 heteroatoms. The normalized spacial score (nSPS) is 17.0. The van der Waals surface area contributed by atoms with Gasteiger partial charge in [0, 0.05) is 12.5 Å². The number of hydrogen-bond acceptors (Lipinski definition) is 2. The molecule has 1 aromatic rings. The summed E-state index contributed by atoms with van der Waals surface area (Å²) in [6.07, 6.45) is 6.61. The number of esters is 1. The monoisotopic (exact) mass is 274 g/mol. The Morgan fingerprint density at radius 2 is 1.80 bits per heavy atom. The van der Waals surface area contributed by atoms with Gasteiger partial charge in [-0.2, -0.15) is 0 Å². The van der Waals surface area contributed by atoms with Gasteiger partial charge in [-0.1, -0.05) is 52.2 Å². The third kappa shape index (κ3) is 3.62. The van der Waals surface area contributed by atoms with Gasteiger partial charge in [0.15, 0.2) is 0 Å². The average molecular weight is 274 g/mol. The molecule has 2 nitrogen and oxygen atoms in total. The second kappa shape index (κ2) is 5.99. The van der Waals surface area contributed by atoms with E-state index in [9.17, 15) is 4.79 Å². The molecular weight excluding hydrogens is 248 g/mol. The zero-order valence-electron chi connectivity index (χ0n) is 13.2. The van der Waals surface area contributed by atoms with Crippen molar-refractivity contribution < 1.29 is 9.53 Å². The van der Waals surface area contributed by atoms with Crippen LogP contribution in [0.15, 0.2) is 18.2 Å². The van der Waals surface area contributed by atoms with Gasteiger partial charge in [-0.3, -0.25) is 4.79 Å². The van der Waals surface area contributed by atoms with Gasteiger partial charge < -0.3 is 4.74 Å². The van der Waals surface area contributed by atoms with Crippen LogP contribution >= 0.6 is 0 Å². The van der Waals surface area contributed by atoms with Gasteiger partial charge in [0.05, 0.1) is 0 Å². The highest BCUT2D eigenvalue weighted by Crippen LogP contribution is 2.38. The fraction of sp³-hybridized carbons (Fsp3) is 0.611. The van der Waals surface area contributed by atoms with Crippen LogP contribution in [0.25, 0.3) is 0 Å². The van der Waals surface area contributed by atoms with Crippen LogP contribution in [0, 0.1) is 0 Å². The summed E-state index contributed by atoms with van der Waals surface area (Å²) in [7, 11) is 0. The SMILES string of the molecule is CC(=O)Oc1ccc(C2CCCCC2)cc1C(C)(C)C. The van der Waals surface area contributed by atoms with Crippen molar-refractivity contribution in [3.63, 3.8) is 0 Å². The van der Waals surface area contributed by atoms with Crippen molar-refractivity contribution >= 4 is 5.97 Å². The molecule has 0 amide bonds. The van der Waals surface area contributed by atoms with E-state index in [1.807, 2.05) is 6.07 Å². The molecule has 110 valence electrons. The molecule has 1 saturated carbocycles. The Balaban J connectivity index is 2.34. The van der Waals surface area contributed by atoms with E-state index in [4.69, 9.17) is 4.74 Å². The summed E-state index contributed by atoms with van der Waals surface area (Å²) in [5.41, 5.74) is 2.52. The molecular formula is C18H26O2. The summed E-state index contributed by atoms with van der Waals surface area (Å²) in [5, 5.41) is 0. The summed E-state index contributed by atoms with van der Waals surface area (Å²) in [6.45, 7) is 7.96. The zero-order chi connectivity index (χ0) is 14.8. The Bertz CT molecular complexity index is 477. The highest BCUT2D eigenvalue weighted by molar-refractivity contribution is 5.70. The summed E-state index contributed by atoms with van der Waals surface area (Å²) in [6, 6.07) is 6.38. The number of benzene rings is 1. The van der Waals surface area contributed by atoms with Crippen LogP contribution in [-0.4, -0.2) is 5.97 Å². The molecule has 1 aliphatic carbocycles. The standard InChI is InChI=1S/C18H26O2/c1-13(19)20-17-11-10-15(12-16(17)18(2,3)4)14-8-6-5-7-9-14/h10-12,14H,5-9H2,1-4H3. The molecule has 1 aromatic carbocycles. The molecule has 0 aliphatic heterocycles. The lowest BCUT2D eigenvalue weighted by atomic mass is 9.80. The lowest BCUT2D eigenvalue weighted by molar-refractivity contribution is -0.131. The quantitative estimate of drug-likeness (QED) is 0.563. The van der Waals surface area contributed by atoms with Gasteiger partial charge in [0.1, 0.15) is 5.75 Å². The van der Waals surface area contributed by atoms with Crippen molar-refractivity contribution in [3.8, 4) is 5.75 Å². The molecule has 0 saturated heterocycles. The summed E-state index contributed by atoms with van der Waals surface area (Å²) in [5.74, 6) is 1.14. The second-order valence-electron chi connectivity index (χ2n) is 6.93. The first kappa shape index (κ1) is 15.1. The van der Waals surface area contributed by atoms with Gasteiger partial charge >= 0.3 is 5.97 Å². The average Bonchev–Trinajstić information content (AvgIpc) is 2.38. The van der Waals surface area contributed by atoms with E-state index < -0.39 is 0 Å². The Morgan fingerprint density at radius 3 is 2.35 bits per heavy atom. The van der Waals surface area contributed by atoms with E-state index in [0.29, 0.717) is 11.7 Å². The first-order valence-corrected chi connectivity index (χ1v) is 7.71. The maximum absolute atomic E-state index is 11.3. The number of hydrogen-bond donors (Lipinski definition) is 0. The largest absolute Gasteiger partial charge is 0.426 e. The van der Waals surface area contributed by atoms with E-state index in [-0.39, 0.29) is 11.4 Å². The molecule has 0 unspecified atom stereocenters. The minimum atomic E-state index is -0.249. The Labute approximate surface area is 122 Å². The Hall–Kier alpha value is -1.31. The molecule has 0 radical (unpaired) electrons. The van der Waals surface area contributed by atoms with E-state index in [0.717, 1.165) is 5.56 Å². The van der Waals surface area contributed by atoms with E-state index in [1.165, 1.54) is 44.6 Å². The van der Waals surface area contributed by atoms with Crippen LogP contribution in [0.4, 0.5) is 0 Å². The third-order valence-corrected chi connectivity index (χ3v) is 4.14. The fourth-order valence-corrected chi connectivity index (χ4v) is 3.07. The predicted molar refractivity (Wildman–Crippen MR) is 82.3 cm³/mol. The van der Waals surface area contributed by atoms with Gasteiger partial charge in [-0.25, -0.2) is 0 Å². The first-order valence-electron chi connectivity index (χ1n) is 7.71. The van der Waals surface area contributed by atoms with E-state index >= 15 is 0 Å². The topological polar surface area (TPSA) is 26.3 Å². The molecule has 0 N–H and O–H groups in total. The van der Waals surface area contributed by atoms with Crippen molar-refractivity contribution in [3.05, 3.63) is 29.3 Å². The van der Waals surface area contributed by atoms with Crippen LogP contribution in [0.5, 0.6) is 5.75 Å². The number of carbonyl (C=O) groups is 1. The molecule has 2 rings (SSSR count). The van der Waals surface area contributed by atoms with E-state index in [2.05, 4.69) is 32.9 Å². The van der Waals surface area contributed by atoms with Crippen molar-refractivity contribution in [1.29, 1.82) is 0 Å². The molecule has 0 aromatic heterocycles. The van der Waals surface area contributed by atoms with Gasteiger partial charge in [-0.15, -0.1) is 0 Å². The van der Waals surface area contributed by atoms with Crippen LogP contribution < -0.4 is 4.74 Å². The van der Waals surface area contributed by atoms with Crippen molar-refractivity contribution in [2.45, 2.75) is 71.1 Å². The fourth-order valence-electron chi connectivity index (χ4n) is 3.07. The second-order valence-corrected chi connectivity index (χ2v) is 6.93. The minimum Gasteiger partial charge on any atom is -0.426 e. The van der Waals surface area contributed by atoms with Gasteiger partial charge in [0.2, 0.25) is 0 Å². The molecule has 0 bridgehead atoms. The maximum atomic E-state index is 11.3. The number of rotatable bonds is 2. The lowest BCUT2D eigenvalue weighted by Crippen LogP contribution is -2.16. The zero-order valence-corrected chi connectivity index (χ0v) is 13.2. The number of carbonyl (C=O) groups excluding carboxylic acids is 1. The van der Waals surface area contributed by atoms with Crippen LogP contribution in [0.2, 0.25) is 0 Å². The summed E-state index contributed by atoms with van der Waals surface area (Å²) >= 11 is 0. The smallest absolute Gasteiger partial charge is 0.308 e. The molecule has 0 heterocycles. The van der Waals surface area contributed by atoms with Crippen molar-refractivity contribution in [1.82, 2.24) is 0 Å². The molecule has 1 fully saturated rings. The van der Waals surface area contributed by atoms with Crippen molar-refractivity contribution in [2.75, 3.05) is 0 Å². The predicted octanol–water partition coefficient (Wildman–Crippen LogP) is 4.96. The third-order valence-electron chi connectivity index (χ3n) is 4.14. The minimum absolute atomic E-state index is 0.0184. The summed E-state index contributed by atoms with van der Waals surface area (Å²) in [4.78, 5) is 11.3. The van der Waals surface area contributed by atoms with Gasteiger partial charge in [-0.05, 0) is 35.8 Å². The van der Waals surface area contributed by atoms with Crippen LogP contribution in [0.1, 0.15) is 76.8 Å². The first-order chi connectivity index (χ1) is 9.38. The van der Waals surface area contributed by atoms with Gasteiger partial charge in [0.25, 0.3) is 0 Å². The molecule has 20 heavy (non-hydrogen) atoms. The molecule has 1 aliphatic rings. The van der Waals surface area contributed by atoms with E-state index in [1.54, 1.807) is 0 Å². The highest BCUT2D eigenvalue weighted by Gasteiger charge is 2.23. The van der Waals surface area contributed by atoms with Crippen LogP contribution in [0.3, 0.4) is 0 Å². The Morgan fingerprint density at radius 1 is 1.15 bits per heavy atom. The van der Waals surface area contributed by atoms with Crippen LogP contribution in [-0.2, 0) is 10.2 Å². The summed E-state index contributed by atoms with van der Waals surface area (Å²) < 4.78 is 5.38. The maximum Gasteiger partial charge on any atom is 0.308 e. The highest BCUT2D eigenvalue weighted by atomic mass is 16.5. The number of ether oxygens (including phenoxy) is 1.